The molecule has 2 heteroatoms. The molecule has 2 atom stereocenters. The predicted molar refractivity (Wildman–Crippen MR) is 73.1 cm³/mol. The minimum Gasteiger partial charge on any atom is -0.316 e. The van der Waals surface area contributed by atoms with Crippen molar-refractivity contribution in [1.29, 1.82) is 0 Å². The number of hydrogen-bond donors (Lipinski definition) is 1. The van der Waals surface area contributed by atoms with Crippen molar-refractivity contribution in [3.63, 3.8) is 0 Å². The third-order valence-electron chi connectivity index (χ3n) is 3.96. The van der Waals surface area contributed by atoms with Crippen LogP contribution in [0.4, 0.5) is 0 Å². The lowest BCUT2D eigenvalue weighted by Crippen LogP contribution is -2.21. The van der Waals surface area contributed by atoms with Gasteiger partial charge in [0.2, 0.25) is 0 Å². The van der Waals surface area contributed by atoms with Crippen LogP contribution in [0.3, 0.4) is 0 Å². The van der Waals surface area contributed by atoms with Crippen molar-refractivity contribution in [2.24, 2.45) is 11.8 Å². The van der Waals surface area contributed by atoms with E-state index in [9.17, 15) is 4.79 Å². The largest absolute Gasteiger partial charge is 0.316 e. The molecule has 0 aromatic rings. The van der Waals surface area contributed by atoms with Gasteiger partial charge in [-0.3, -0.25) is 4.79 Å². The Labute approximate surface area is 107 Å². The van der Waals surface area contributed by atoms with Gasteiger partial charge in [0.05, 0.1) is 0 Å². The van der Waals surface area contributed by atoms with Gasteiger partial charge < -0.3 is 5.32 Å². The van der Waals surface area contributed by atoms with E-state index in [0.29, 0.717) is 17.6 Å². The summed E-state index contributed by atoms with van der Waals surface area (Å²) in [6, 6.07) is 0. The molecule has 0 aliphatic carbocycles. The van der Waals surface area contributed by atoms with Crippen molar-refractivity contribution in [2.75, 3.05) is 13.1 Å². The van der Waals surface area contributed by atoms with E-state index < -0.39 is 0 Å². The highest BCUT2D eigenvalue weighted by molar-refractivity contribution is 5.81. The Morgan fingerprint density at radius 2 is 1.71 bits per heavy atom. The van der Waals surface area contributed by atoms with E-state index in [2.05, 4.69) is 19.2 Å². The Kier molecular flexibility index (Phi) is 7.50. The molecule has 0 radical (unpaired) electrons. The summed E-state index contributed by atoms with van der Waals surface area (Å²) in [6.07, 6.45) is 9.86. The van der Waals surface area contributed by atoms with Gasteiger partial charge in [0.1, 0.15) is 5.78 Å². The molecular weight excluding hydrogens is 210 g/mol. The molecule has 1 N–H and O–H groups in total. The first kappa shape index (κ1) is 14.7. The Balaban J connectivity index is 1.97. The smallest absolute Gasteiger partial charge is 0.137 e. The lowest BCUT2D eigenvalue weighted by molar-refractivity contribution is -0.123. The van der Waals surface area contributed by atoms with Crippen LogP contribution in [-0.4, -0.2) is 18.9 Å². The summed E-state index contributed by atoms with van der Waals surface area (Å²) < 4.78 is 0. The van der Waals surface area contributed by atoms with E-state index in [1.54, 1.807) is 0 Å². The second-order valence-electron chi connectivity index (χ2n) is 5.58. The second kappa shape index (κ2) is 8.68. The SMILES string of the molecule is CCCCCCCCCC(=O)C1CNCC1C. The number of nitrogens with one attached hydrogen (secondary N) is 1. The van der Waals surface area contributed by atoms with Crippen LogP contribution in [0.25, 0.3) is 0 Å². The lowest BCUT2D eigenvalue weighted by Gasteiger charge is -2.12. The van der Waals surface area contributed by atoms with Crippen molar-refractivity contribution in [2.45, 2.75) is 65.2 Å². The number of unbranched alkanes of at least 4 members (excludes halogenated alkanes) is 6. The maximum Gasteiger partial charge on any atom is 0.137 e. The molecule has 0 aromatic heterocycles. The average Bonchev–Trinajstić information content (AvgIpc) is 2.74. The van der Waals surface area contributed by atoms with Crippen molar-refractivity contribution in [3.05, 3.63) is 0 Å². The van der Waals surface area contributed by atoms with E-state index >= 15 is 0 Å². The third kappa shape index (κ3) is 5.67. The minimum atomic E-state index is 0.301. The third-order valence-corrected chi connectivity index (χ3v) is 3.96. The number of hydrogen-bond acceptors (Lipinski definition) is 2. The molecular formula is C15H29NO. The van der Waals surface area contributed by atoms with Crippen LogP contribution in [0.2, 0.25) is 0 Å². The highest BCUT2D eigenvalue weighted by Gasteiger charge is 2.28. The molecule has 1 aliphatic heterocycles. The highest BCUT2D eigenvalue weighted by Crippen LogP contribution is 2.19. The van der Waals surface area contributed by atoms with Crippen LogP contribution < -0.4 is 5.32 Å². The van der Waals surface area contributed by atoms with Crippen LogP contribution in [0.5, 0.6) is 0 Å². The Morgan fingerprint density at radius 1 is 1.06 bits per heavy atom. The molecule has 17 heavy (non-hydrogen) atoms. The monoisotopic (exact) mass is 239 g/mol. The topological polar surface area (TPSA) is 29.1 Å². The molecule has 1 heterocycles. The maximum atomic E-state index is 12.0. The van der Waals surface area contributed by atoms with Gasteiger partial charge in [0, 0.05) is 18.9 Å². The molecule has 0 aromatic carbocycles. The van der Waals surface area contributed by atoms with E-state index in [4.69, 9.17) is 0 Å². The molecule has 1 fully saturated rings. The summed E-state index contributed by atoms with van der Waals surface area (Å²) in [4.78, 5) is 12.0. The zero-order valence-corrected chi connectivity index (χ0v) is 11.6. The summed E-state index contributed by atoms with van der Waals surface area (Å²) in [7, 11) is 0. The fraction of sp³-hybridized carbons (Fsp3) is 0.933. The zero-order valence-electron chi connectivity index (χ0n) is 11.6. The average molecular weight is 239 g/mol. The van der Waals surface area contributed by atoms with Gasteiger partial charge in [-0.25, -0.2) is 0 Å². The Morgan fingerprint density at radius 3 is 2.29 bits per heavy atom. The highest BCUT2D eigenvalue weighted by atomic mass is 16.1. The maximum absolute atomic E-state index is 12.0. The van der Waals surface area contributed by atoms with Crippen LogP contribution in [0.1, 0.15) is 65.2 Å². The van der Waals surface area contributed by atoms with Gasteiger partial charge in [-0.1, -0.05) is 52.4 Å². The summed E-state index contributed by atoms with van der Waals surface area (Å²) in [6.45, 7) is 6.37. The quantitative estimate of drug-likeness (QED) is 0.623. The van der Waals surface area contributed by atoms with Gasteiger partial charge in [-0.05, 0) is 18.9 Å². The van der Waals surface area contributed by atoms with Gasteiger partial charge in [0.25, 0.3) is 0 Å². The first-order valence-corrected chi connectivity index (χ1v) is 7.49. The molecule has 0 saturated carbocycles. The first-order valence-electron chi connectivity index (χ1n) is 7.49. The van der Waals surface area contributed by atoms with E-state index in [-0.39, 0.29) is 0 Å². The van der Waals surface area contributed by atoms with Gasteiger partial charge in [-0.2, -0.15) is 0 Å². The number of rotatable bonds is 9. The summed E-state index contributed by atoms with van der Waals surface area (Å²) >= 11 is 0. The number of Topliss-reactive ketones (excluding diaryl/α,β-unsaturated/α-hetero) is 1. The van der Waals surface area contributed by atoms with Crippen molar-refractivity contribution in [3.8, 4) is 0 Å². The predicted octanol–water partition coefficient (Wildman–Crippen LogP) is 3.55. The fourth-order valence-corrected chi connectivity index (χ4v) is 2.68. The normalized spacial score (nSPS) is 24.1. The Hall–Kier alpha value is -0.370. The van der Waals surface area contributed by atoms with Crippen LogP contribution in [0, 0.1) is 11.8 Å². The van der Waals surface area contributed by atoms with E-state index in [1.165, 1.54) is 38.5 Å². The van der Waals surface area contributed by atoms with Crippen molar-refractivity contribution < 1.29 is 4.79 Å². The molecule has 2 unspecified atom stereocenters. The second-order valence-corrected chi connectivity index (χ2v) is 5.58. The van der Waals surface area contributed by atoms with E-state index in [0.717, 1.165) is 25.9 Å². The molecule has 0 spiro atoms. The summed E-state index contributed by atoms with van der Waals surface area (Å²) in [5.41, 5.74) is 0. The molecule has 0 amide bonds. The van der Waals surface area contributed by atoms with Gasteiger partial charge >= 0.3 is 0 Å². The standard InChI is InChI=1S/C15H29NO/c1-3-4-5-6-7-8-9-10-15(17)14-12-16-11-13(14)2/h13-14,16H,3-12H2,1-2H3. The van der Waals surface area contributed by atoms with Crippen molar-refractivity contribution >= 4 is 5.78 Å². The Bertz CT molecular complexity index is 215. The van der Waals surface area contributed by atoms with Crippen LogP contribution >= 0.6 is 0 Å². The number of carbonyl (C=O) groups is 1. The fourth-order valence-electron chi connectivity index (χ4n) is 2.68. The molecule has 1 saturated heterocycles. The molecule has 2 nitrogen and oxygen atoms in total. The minimum absolute atomic E-state index is 0.301. The van der Waals surface area contributed by atoms with Crippen molar-refractivity contribution in [1.82, 2.24) is 5.32 Å². The molecule has 0 bridgehead atoms. The number of carbonyl (C=O) groups excluding carboxylic acids is 1. The van der Waals surface area contributed by atoms with E-state index in [1.807, 2.05) is 0 Å². The van der Waals surface area contributed by atoms with Gasteiger partial charge in [-0.15, -0.1) is 0 Å². The summed E-state index contributed by atoms with van der Waals surface area (Å²) in [5.74, 6) is 1.35. The summed E-state index contributed by atoms with van der Waals surface area (Å²) in [5, 5.41) is 3.31. The van der Waals surface area contributed by atoms with Crippen LogP contribution in [0.15, 0.2) is 0 Å². The lowest BCUT2D eigenvalue weighted by atomic mass is 9.91. The molecule has 100 valence electrons. The first-order chi connectivity index (χ1) is 8.25. The zero-order chi connectivity index (χ0) is 12.5. The van der Waals surface area contributed by atoms with Crippen LogP contribution in [-0.2, 0) is 4.79 Å². The molecule has 1 rings (SSSR count). The molecule has 1 aliphatic rings. The number of ketones is 1. The van der Waals surface area contributed by atoms with Gasteiger partial charge in [0.15, 0.2) is 0 Å².